The molecule has 7 nitrogen and oxygen atoms in total. The molecule has 9 heteroatoms. The third-order valence-corrected chi connectivity index (χ3v) is 4.87. The molecule has 3 N–H and O–H groups in total. The van der Waals surface area contributed by atoms with Crippen LogP contribution in [-0.2, 0) is 11.2 Å². The normalized spacial score (nSPS) is 16.3. The van der Waals surface area contributed by atoms with Crippen molar-refractivity contribution in [1.29, 1.82) is 0 Å². The molecular weight excluding hydrogens is 402 g/mol. The minimum atomic E-state index is -0.354. The van der Waals surface area contributed by atoms with E-state index in [1.807, 2.05) is 11.8 Å². The van der Waals surface area contributed by atoms with Crippen molar-refractivity contribution >= 4 is 17.7 Å². The molecule has 2 heterocycles. The third-order valence-electron chi connectivity index (χ3n) is 4.87. The summed E-state index contributed by atoms with van der Waals surface area (Å²) in [5.41, 5.74) is 0.631. The second-order valence-electron chi connectivity index (χ2n) is 7.30. The second-order valence-corrected chi connectivity index (χ2v) is 7.30. The van der Waals surface area contributed by atoms with E-state index in [-0.39, 0.29) is 30.0 Å². The summed E-state index contributed by atoms with van der Waals surface area (Å²) in [5.74, 6) is 0.165. The first kappa shape index (κ1) is 22.5. The van der Waals surface area contributed by atoms with Crippen LogP contribution in [0.4, 0.5) is 14.6 Å². The Hall–Kier alpha value is -3.23. The van der Waals surface area contributed by atoms with E-state index in [4.69, 9.17) is 0 Å². The Labute approximate surface area is 181 Å². The zero-order chi connectivity index (χ0) is 22.1. The molecule has 1 saturated heterocycles. The van der Waals surface area contributed by atoms with Crippen molar-refractivity contribution in [2.24, 2.45) is 4.99 Å². The number of hydrogen-bond acceptors (Lipinski definition) is 4. The van der Waals surface area contributed by atoms with E-state index in [0.29, 0.717) is 50.1 Å². The van der Waals surface area contributed by atoms with E-state index in [1.54, 1.807) is 24.4 Å². The highest BCUT2D eigenvalue weighted by molar-refractivity contribution is 5.80. The van der Waals surface area contributed by atoms with E-state index < -0.39 is 0 Å². The molecule has 1 amide bonds. The first-order valence-corrected chi connectivity index (χ1v) is 10.5. The van der Waals surface area contributed by atoms with Crippen LogP contribution in [0.2, 0.25) is 0 Å². The Kier molecular flexibility index (Phi) is 8.14. The number of aliphatic imine (C=N–C) groups is 1. The Balaban J connectivity index is 1.44. The molecule has 0 saturated carbocycles. The molecule has 1 aromatic heterocycles. The molecule has 1 atom stereocenters. The molecule has 0 spiro atoms. The summed E-state index contributed by atoms with van der Waals surface area (Å²) >= 11 is 0. The van der Waals surface area contributed by atoms with Gasteiger partial charge in [-0.2, -0.15) is 0 Å². The zero-order valence-corrected chi connectivity index (χ0v) is 17.6. The number of aromatic nitrogens is 1. The van der Waals surface area contributed by atoms with E-state index in [0.717, 1.165) is 6.42 Å². The minimum Gasteiger partial charge on any atom is -0.357 e. The summed E-state index contributed by atoms with van der Waals surface area (Å²) in [6.45, 7) is 4.78. The maximum absolute atomic E-state index is 14.0. The lowest BCUT2D eigenvalue weighted by Gasteiger charge is -2.20. The summed E-state index contributed by atoms with van der Waals surface area (Å²) < 4.78 is 27.2. The summed E-state index contributed by atoms with van der Waals surface area (Å²) in [5, 5.41) is 9.34. The largest absolute Gasteiger partial charge is 0.357 e. The van der Waals surface area contributed by atoms with Crippen molar-refractivity contribution in [1.82, 2.24) is 20.9 Å². The number of nitrogens with zero attached hydrogens (tertiary/aromatic N) is 3. The van der Waals surface area contributed by atoms with Gasteiger partial charge in [-0.05, 0) is 43.2 Å². The molecule has 0 bridgehead atoms. The molecule has 0 aliphatic carbocycles. The number of nitrogens with one attached hydrogen (secondary N) is 3. The maximum atomic E-state index is 14.0. The Morgan fingerprint density at radius 2 is 2.13 bits per heavy atom. The number of anilines is 1. The minimum absolute atomic E-state index is 0.113. The molecule has 1 aromatic carbocycles. The quantitative estimate of drug-likeness (QED) is 0.338. The number of amides is 1. The van der Waals surface area contributed by atoms with Crippen LogP contribution < -0.4 is 20.9 Å². The van der Waals surface area contributed by atoms with Gasteiger partial charge in [0.2, 0.25) is 5.91 Å². The van der Waals surface area contributed by atoms with Crippen LogP contribution in [0.25, 0.3) is 0 Å². The number of benzene rings is 1. The molecule has 2 aromatic rings. The van der Waals surface area contributed by atoms with Gasteiger partial charge >= 0.3 is 0 Å². The standard InChI is InChI=1S/C22H28F2N6O/c1-2-25-22(28-11-10-26-20(31)14-16-5-3-6-17(23)13-16)29-18-8-12-30(15-18)21-19(24)7-4-9-27-21/h3-7,9,13,18H,2,8,10-12,14-15H2,1H3,(H,26,31)(H2,25,28,29). The van der Waals surface area contributed by atoms with E-state index in [2.05, 4.69) is 25.9 Å². The fourth-order valence-corrected chi connectivity index (χ4v) is 3.45. The van der Waals surface area contributed by atoms with Crippen molar-refractivity contribution in [2.75, 3.05) is 37.6 Å². The lowest BCUT2D eigenvalue weighted by Crippen LogP contribution is -2.45. The van der Waals surface area contributed by atoms with Crippen LogP contribution >= 0.6 is 0 Å². The number of guanidine groups is 1. The van der Waals surface area contributed by atoms with Crippen molar-refractivity contribution in [2.45, 2.75) is 25.8 Å². The number of rotatable bonds is 8. The van der Waals surface area contributed by atoms with Crippen LogP contribution in [0, 0.1) is 11.6 Å². The molecule has 1 unspecified atom stereocenters. The van der Waals surface area contributed by atoms with Crippen LogP contribution in [-0.4, -0.2) is 55.6 Å². The molecule has 166 valence electrons. The molecule has 1 aliphatic heterocycles. The molecule has 31 heavy (non-hydrogen) atoms. The van der Waals surface area contributed by atoms with Gasteiger partial charge in [0.05, 0.1) is 13.0 Å². The molecule has 3 rings (SSSR count). The van der Waals surface area contributed by atoms with E-state index in [9.17, 15) is 13.6 Å². The topological polar surface area (TPSA) is 81.6 Å². The number of halogens is 2. The molecule has 1 aliphatic rings. The molecule has 1 fully saturated rings. The van der Waals surface area contributed by atoms with Gasteiger partial charge in [-0.1, -0.05) is 12.1 Å². The SMILES string of the molecule is CCNC(=NCCNC(=O)Cc1cccc(F)c1)NC1CCN(c2ncccc2F)C1. The fraction of sp³-hybridized carbons (Fsp3) is 0.409. The first-order valence-electron chi connectivity index (χ1n) is 10.5. The number of carbonyl (C=O) groups is 1. The second kappa shape index (κ2) is 11.2. The van der Waals surface area contributed by atoms with Crippen LogP contribution in [0.5, 0.6) is 0 Å². The van der Waals surface area contributed by atoms with Gasteiger partial charge in [-0.3, -0.25) is 9.79 Å². The average molecular weight is 431 g/mol. The van der Waals surface area contributed by atoms with Crippen LogP contribution in [0.3, 0.4) is 0 Å². The number of carbonyl (C=O) groups excluding carboxylic acids is 1. The van der Waals surface area contributed by atoms with E-state index in [1.165, 1.54) is 18.2 Å². The molecular formula is C22H28F2N6O. The lowest BCUT2D eigenvalue weighted by molar-refractivity contribution is -0.120. The highest BCUT2D eigenvalue weighted by Crippen LogP contribution is 2.20. The Bertz CT molecular complexity index is 907. The van der Waals surface area contributed by atoms with Gasteiger partial charge in [0.1, 0.15) is 5.82 Å². The van der Waals surface area contributed by atoms with Crippen molar-refractivity contribution < 1.29 is 13.6 Å². The van der Waals surface area contributed by atoms with Gasteiger partial charge < -0.3 is 20.9 Å². The average Bonchev–Trinajstić information content (AvgIpc) is 3.20. The van der Waals surface area contributed by atoms with Gasteiger partial charge in [-0.25, -0.2) is 13.8 Å². The number of pyridine rings is 1. The Morgan fingerprint density at radius 3 is 2.90 bits per heavy atom. The highest BCUT2D eigenvalue weighted by atomic mass is 19.1. The van der Waals surface area contributed by atoms with Crippen molar-refractivity contribution in [3.63, 3.8) is 0 Å². The predicted molar refractivity (Wildman–Crippen MR) is 117 cm³/mol. The van der Waals surface area contributed by atoms with Crippen molar-refractivity contribution in [3.05, 3.63) is 59.8 Å². The smallest absolute Gasteiger partial charge is 0.224 e. The molecule has 0 radical (unpaired) electrons. The van der Waals surface area contributed by atoms with Gasteiger partial charge in [0.25, 0.3) is 0 Å². The van der Waals surface area contributed by atoms with Gasteiger partial charge in [-0.15, -0.1) is 0 Å². The highest BCUT2D eigenvalue weighted by Gasteiger charge is 2.25. The van der Waals surface area contributed by atoms with E-state index >= 15 is 0 Å². The lowest BCUT2D eigenvalue weighted by atomic mass is 10.1. The first-order chi connectivity index (χ1) is 15.0. The summed E-state index contributed by atoms with van der Waals surface area (Å²) in [6, 6.07) is 9.11. The zero-order valence-electron chi connectivity index (χ0n) is 17.6. The summed E-state index contributed by atoms with van der Waals surface area (Å²) in [7, 11) is 0. The van der Waals surface area contributed by atoms with Crippen molar-refractivity contribution in [3.8, 4) is 0 Å². The number of hydrogen-bond donors (Lipinski definition) is 3. The fourth-order valence-electron chi connectivity index (χ4n) is 3.45. The van der Waals surface area contributed by atoms with Gasteiger partial charge in [0.15, 0.2) is 17.6 Å². The van der Waals surface area contributed by atoms with Crippen LogP contribution in [0.1, 0.15) is 18.9 Å². The van der Waals surface area contributed by atoms with Crippen LogP contribution in [0.15, 0.2) is 47.6 Å². The predicted octanol–water partition coefficient (Wildman–Crippen LogP) is 1.85. The maximum Gasteiger partial charge on any atom is 0.224 e. The Morgan fingerprint density at radius 1 is 1.26 bits per heavy atom. The summed E-state index contributed by atoms with van der Waals surface area (Å²) in [6.07, 6.45) is 2.56. The van der Waals surface area contributed by atoms with Gasteiger partial charge in [0, 0.05) is 38.4 Å². The monoisotopic (exact) mass is 430 g/mol. The third kappa shape index (κ3) is 6.91. The summed E-state index contributed by atoms with van der Waals surface area (Å²) in [4.78, 5) is 22.6.